The van der Waals surface area contributed by atoms with Crippen LogP contribution in [-0.2, 0) is 9.53 Å². The quantitative estimate of drug-likeness (QED) is 0.857. The van der Waals surface area contributed by atoms with E-state index in [1.807, 2.05) is 6.07 Å². The minimum absolute atomic E-state index is 0.0217. The van der Waals surface area contributed by atoms with Gasteiger partial charge in [0.2, 0.25) is 5.91 Å². The molecule has 27 heavy (non-hydrogen) atoms. The monoisotopic (exact) mass is 370 g/mol. The number of hydrogen-bond donors (Lipinski definition) is 1. The van der Waals surface area contributed by atoms with Crippen LogP contribution in [0.3, 0.4) is 0 Å². The van der Waals surface area contributed by atoms with Gasteiger partial charge in [-0.15, -0.1) is 0 Å². The highest BCUT2D eigenvalue weighted by atomic mass is 16.5. The van der Waals surface area contributed by atoms with Gasteiger partial charge < -0.3 is 14.7 Å². The molecule has 2 aromatic rings. The lowest BCUT2D eigenvalue weighted by molar-refractivity contribution is -0.136. The van der Waals surface area contributed by atoms with Crippen molar-refractivity contribution >= 4 is 11.9 Å². The van der Waals surface area contributed by atoms with Gasteiger partial charge in [-0.2, -0.15) is 0 Å². The lowest BCUT2D eigenvalue weighted by Crippen LogP contribution is -2.41. The van der Waals surface area contributed by atoms with E-state index >= 15 is 0 Å². The van der Waals surface area contributed by atoms with Gasteiger partial charge in [0.25, 0.3) is 0 Å². The fourth-order valence-electron chi connectivity index (χ4n) is 3.30. The van der Waals surface area contributed by atoms with Crippen molar-refractivity contribution in [3.63, 3.8) is 0 Å². The number of piperidine rings is 1. The Bertz CT molecular complexity index is 855. The molecule has 1 fully saturated rings. The van der Waals surface area contributed by atoms with Crippen LogP contribution in [0.5, 0.6) is 0 Å². The highest BCUT2D eigenvalue weighted by Gasteiger charge is 2.26. The summed E-state index contributed by atoms with van der Waals surface area (Å²) < 4.78 is 4.95. The number of pyridine rings is 1. The van der Waals surface area contributed by atoms with Gasteiger partial charge in [0.1, 0.15) is 12.4 Å². The lowest BCUT2D eigenvalue weighted by atomic mass is 9.93. The first kappa shape index (κ1) is 18.9. The summed E-state index contributed by atoms with van der Waals surface area (Å²) in [4.78, 5) is 38.1. The Kier molecular flexibility index (Phi) is 5.75. The molecule has 8 nitrogen and oxygen atoms in total. The third kappa shape index (κ3) is 4.46. The van der Waals surface area contributed by atoms with Crippen LogP contribution < -0.4 is 0 Å². The number of carboxylic acids is 1. The van der Waals surface area contributed by atoms with Crippen LogP contribution >= 0.6 is 0 Å². The number of methoxy groups -OCH3 is 1. The SMILES string of the molecule is COCC(=O)N1CCC[C@H](c2cc(-c3cncc(C(=O)O)c3)nc(C)n2)C1. The minimum Gasteiger partial charge on any atom is -0.478 e. The number of hydrogen-bond acceptors (Lipinski definition) is 6. The molecule has 0 aromatic carbocycles. The van der Waals surface area contributed by atoms with Crippen LogP contribution in [0.25, 0.3) is 11.3 Å². The van der Waals surface area contributed by atoms with Gasteiger partial charge in [-0.05, 0) is 31.9 Å². The van der Waals surface area contributed by atoms with Crippen molar-refractivity contribution in [1.82, 2.24) is 19.9 Å². The molecular formula is C19H22N4O4. The van der Waals surface area contributed by atoms with Crippen molar-refractivity contribution in [1.29, 1.82) is 0 Å². The van der Waals surface area contributed by atoms with Crippen molar-refractivity contribution in [2.75, 3.05) is 26.8 Å². The first-order chi connectivity index (χ1) is 13.0. The molecular weight excluding hydrogens is 348 g/mol. The molecule has 1 amide bonds. The first-order valence-electron chi connectivity index (χ1n) is 8.79. The Morgan fingerprint density at radius 1 is 1.30 bits per heavy atom. The summed E-state index contributed by atoms with van der Waals surface area (Å²) in [5.41, 5.74) is 2.23. The molecule has 1 atom stereocenters. The molecule has 0 spiro atoms. The van der Waals surface area contributed by atoms with Crippen LogP contribution in [-0.4, -0.2) is 63.6 Å². The molecule has 0 saturated carbocycles. The average Bonchev–Trinajstić information content (AvgIpc) is 2.68. The fourth-order valence-corrected chi connectivity index (χ4v) is 3.30. The van der Waals surface area contributed by atoms with Crippen molar-refractivity contribution in [3.05, 3.63) is 41.6 Å². The number of aryl methyl sites for hydroxylation is 1. The zero-order valence-electron chi connectivity index (χ0n) is 15.4. The van der Waals surface area contributed by atoms with E-state index in [0.717, 1.165) is 25.1 Å². The standard InChI is InChI=1S/C19H22N4O4/c1-12-21-16(13-4-3-5-23(10-13)18(24)11-27-2)7-17(22-12)14-6-15(19(25)26)9-20-8-14/h6-9,13H,3-5,10-11H2,1-2H3,(H,25,26)/t13-/m0/s1. The van der Waals surface area contributed by atoms with Gasteiger partial charge in [0.15, 0.2) is 0 Å². The molecule has 0 bridgehead atoms. The van der Waals surface area contributed by atoms with E-state index in [4.69, 9.17) is 4.74 Å². The molecule has 142 valence electrons. The summed E-state index contributed by atoms with van der Waals surface area (Å²) in [6, 6.07) is 3.42. The van der Waals surface area contributed by atoms with Gasteiger partial charge in [-0.25, -0.2) is 14.8 Å². The average molecular weight is 370 g/mol. The van der Waals surface area contributed by atoms with Crippen LogP contribution in [0.2, 0.25) is 0 Å². The summed E-state index contributed by atoms with van der Waals surface area (Å²) in [7, 11) is 1.51. The van der Waals surface area contributed by atoms with Gasteiger partial charge in [0, 0.05) is 49.8 Å². The second-order valence-electron chi connectivity index (χ2n) is 6.60. The number of aromatic carboxylic acids is 1. The van der Waals surface area contributed by atoms with Crippen molar-refractivity contribution in [3.8, 4) is 11.3 Å². The van der Waals surface area contributed by atoms with Crippen LogP contribution in [0.1, 0.15) is 40.6 Å². The number of aromatic nitrogens is 3. The zero-order chi connectivity index (χ0) is 19.4. The lowest BCUT2D eigenvalue weighted by Gasteiger charge is -2.32. The number of carbonyl (C=O) groups is 2. The number of likely N-dealkylation sites (tertiary alicyclic amines) is 1. The van der Waals surface area contributed by atoms with E-state index in [-0.39, 0.29) is 24.0 Å². The number of ether oxygens (including phenoxy) is 1. The van der Waals surface area contributed by atoms with E-state index < -0.39 is 5.97 Å². The highest BCUT2D eigenvalue weighted by Crippen LogP contribution is 2.28. The van der Waals surface area contributed by atoms with Crippen molar-refractivity contribution < 1.29 is 19.4 Å². The molecule has 3 rings (SSSR count). The Balaban J connectivity index is 1.88. The zero-order valence-corrected chi connectivity index (χ0v) is 15.4. The molecule has 1 N–H and O–H groups in total. The molecule has 1 aliphatic rings. The largest absolute Gasteiger partial charge is 0.478 e. The highest BCUT2D eigenvalue weighted by molar-refractivity contribution is 5.88. The predicted molar refractivity (Wildman–Crippen MR) is 97.4 cm³/mol. The molecule has 0 radical (unpaired) electrons. The van der Waals surface area contributed by atoms with E-state index in [0.29, 0.717) is 23.6 Å². The second kappa shape index (κ2) is 8.22. The van der Waals surface area contributed by atoms with E-state index in [1.54, 1.807) is 24.1 Å². The second-order valence-corrected chi connectivity index (χ2v) is 6.60. The topological polar surface area (TPSA) is 106 Å². The Labute approximate surface area is 157 Å². The number of carbonyl (C=O) groups excluding carboxylic acids is 1. The molecule has 2 aromatic heterocycles. The fraction of sp³-hybridized carbons (Fsp3) is 0.421. The van der Waals surface area contributed by atoms with Crippen LogP contribution in [0.15, 0.2) is 24.5 Å². The molecule has 0 aliphatic carbocycles. The van der Waals surface area contributed by atoms with E-state index in [9.17, 15) is 14.7 Å². The van der Waals surface area contributed by atoms with Gasteiger partial charge in [0.05, 0.1) is 11.3 Å². The number of rotatable bonds is 5. The third-order valence-electron chi connectivity index (χ3n) is 4.60. The van der Waals surface area contributed by atoms with Gasteiger partial charge in [-0.1, -0.05) is 0 Å². The summed E-state index contributed by atoms with van der Waals surface area (Å²) in [6.45, 7) is 3.19. The smallest absolute Gasteiger partial charge is 0.337 e. The summed E-state index contributed by atoms with van der Waals surface area (Å²) in [6.07, 6.45) is 4.73. The molecule has 8 heteroatoms. The number of carboxylic acid groups (broad SMARTS) is 1. The predicted octanol–water partition coefficient (Wildman–Crippen LogP) is 1.90. The molecule has 3 heterocycles. The third-order valence-corrected chi connectivity index (χ3v) is 4.60. The molecule has 1 saturated heterocycles. The normalized spacial score (nSPS) is 17.0. The van der Waals surface area contributed by atoms with Crippen LogP contribution in [0, 0.1) is 6.92 Å². The van der Waals surface area contributed by atoms with Gasteiger partial charge in [-0.3, -0.25) is 9.78 Å². The van der Waals surface area contributed by atoms with Crippen LogP contribution in [0.4, 0.5) is 0 Å². The summed E-state index contributed by atoms with van der Waals surface area (Å²) in [5.74, 6) is -0.347. The Morgan fingerprint density at radius 2 is 2.11 bits per heavy atom. The van der Waals surface area contributed by atoms with Crippen molar-refractivity contribution in [2.24, 2.45) is 0 Å². The maximum atomic E-state index is 12.1. The minimum atomic E-state index is -1.03. The van der Waals surface area contributed by atoms with E-state index in [2.05, 4.69) is 15.0 Å². The number of nitrogens with zero attached hydrogens (tertiary/aromatic N) is 4. The molecule has 0 unspecified atom stereocenters. The Morgan fingerprint density at radius 3 is 2.85 bits per heavy atom. The summed E-state index contributed by atoms with van der Waals surface area (Å²) >= 11 is 0. The van der Waals surface area contributed by atoms with E-state index in [1.165, 1.54) is 13.3 Å². The van der Waals surface area contributed by atoms with Crippen molar-refractivity contribution in [2.45, 2.75) is 25.7 Å². The molecule has 1 aliphatic heterocycles. The maximum absolute atomic E-state index is 12.1. The summed E-state index contributed by atoms with van der Waals surface area (Å²) in [5, 5.41) is 9.17. The Hall–Kier alpha value is -2.87. The van der Waals surface area contributed by atoms with Gasteiger partial charge >= 0.3 is 5.97 Å². The number of amides is 1. The first-order valence-corrected chi connectivity index (χ1v) is 8.79. The maximum Gasteiger partial charge on any atom is 0.337 e.